The highest BCUT2D eigenvalue weighted by molar-refractivity contribution is 6.30. The molecular weight excluding hydrogens is 352 g/mol. The highest BCUT2D eigenvalue weighted by atomic mass is 16.5. The number of hydrogen-bond acceptors (Lipinski definition) is 6. The Morgan fingerprint density at radius 1 is 0.963 bits per heavy atom. The number of carbonyl (C=O) groups is 4. The number of urea groups is 1. The molecule has 0 saturated carbocycles. The second kappa shape index (κ2) is 5.94. The van der Waals surface area contributed by atoms with Gasteiger partial charge in [-0.25, -0.2) is 9.59 Å². The molecule has 2 aliphatic rings. The average Bonchev–Trinajstić information content (AvgIpc) is 3.29. The van der Waals surface area contributed by atoms with Gasteiger partial charge in [-0.3, -0.25) is 19.4 Å². The molecule has 1 aromatic heterocycles. The summed E-state index contributed by atoms with van der Waals surface area (Å²) in [6.45, 7) is 0.218. The minimum atomic E-state index is -0.686. The first kappa shape index (κ1) is 16.8. The predicted molar refractivity (Wildman–Crippen MR) is 92.2 cm³/mol. The number of furan rings is 1. The lowest BCUT2D eigenvalue weighted by molar-refractivity contribution is -0.134. The smallest absolute Gasteiger partial charge is 0.338 e. The van der Waals surface area contributed by atoms with Crippen molar-refractivity contribution < 1.29 is 28.3 Å². The van der Waals surface area contributed by atoms with E-state index in [2.05, 4.69) is 0 Å². The maximum atomic E-state index is 12.2. The summed E-state index contributed by atoms with van der Waals surface area (Å²) in [5.41, 5.74) is 1.88. The van der Waals surface area contributed by atoms with E-state index in [1.165, 1.54) is 20.2 Å². The molecule has 4 amide bonds. The van der Waals surface area contributed by atoms with E-state index < -0.39 is 17.8 Å². The number of barbiturate groups is 1. The lowest BCUT2D eigenvalue weighted by Gasteiger charge is -2.28. The average molecular weight is 366 g/mol. The van der Waals surface area contributed by atoms with Crippen LogP contribution in [0.15, 0.2) is 40.3 Å². The fourth-order valence-electron chi connectivity index (χ4n) is 2.99. The van der Waals surface area contributed by atoms with E-state index in [9.17, 15) is 19.2 Å². The van der Waals surface area contributed by atoms with E-state index in [1.54, 1.807) is 30.3 Å². The lowest BCUT2D eigenvalue weighted by atomic mass is 10.0. The van der Waals surface area contributed by atoms with Crippen LogP contribution in [0.4, 0.5) is 4.79 Å². The van der Waals surface area contributed by atoms with Gasteiger partial charge in [0.1, 0.15) is 23.7 Å². The normalized spacial score (nSPS) is 16.7. The summed E-state index contributed by atoms with van der Waals surface area (Å²) in [4.78, 5) is 49.5. The molecule has 2 aromatic rings. The highest BCUT2D eigenvalue weighted by Crippen LogP contribution is 2.29. The first-order valence-electron chi connectivity index (χ1n) is 8.09. The van der Waals surface area contributed by atoms with Gasteiger partial charge in [-0.05, 0) is 30.3 Å². The molecule has 0 atom stereocenters. The van der Waals surface area contributed by atoms with Gasteiger partial charge in [0.15, 0.2) is 0 Å². The van der Waals surface area contributed by atoms with Gasteiger partial charge in [0.05, 0.1) is 5.56 Å². The minimum absolute atomic E-state index is 0.159. The molecule has 4 rings (SSSR count). The maximum absolute atomic E-state index is 12.2. The van der Waals surface area contributed by atoms with Crippen molar-refractivity contribution in [1.82, 2.24) is 9.80 Å². The van der Waals surface area contributed by atoms with E-state index in [0.29, 0.717) is 17.1 Å². The van der Waals surface area contributed by atoms with Gasteiger partial charge in [0.2, 0.25) is 0 Å². The van der Waals surface area contributed by atoms with E-state index >= 15 is 0 Å². The lowest BCUT2D eigenvalue weighted by Crippen LogP contribution is -2.52. The Morgan fingerprint density at radius 2 is 1.67 bits per heavy atom. The number of nitrogens with zero attached hydrogens (tertiary/aromatic N) is 2. The first-order chi connectivity index (χ1) is 12.9. The monoisotopic (exact) mass is 366 g/mol. The zero-order valence-corrected chi connectivity index (χ0v) is 14.5. The molecule has 27 heavy (non-hydrogen) atoms. The Morgan fingerprint density at radius 3 is 2.37 bits per heavy atom. The molecule has 0 spiro atoms. The SMILES string of the molecule is CN1C(=O)C(=Cc2ccc(-c3ccc4c(c3)COC4=O)o2)C(=O)N(C)C1=O. The van der Waals surface area contributed by atoms with E-state index in [0.717, 1.165) is 20.9 Å². The Labute approximate surface area is 153 Å². The molecule has 0 radical (unpaired) electrons. The third-order valence-electron chi connectivity index (χ3n) is 4.53. The van der Waals surface area contributed by atoms with Crippen molar-refractivity contribution in [3.8, 4) is 11.3 Å². The topological polar surface area (TPSA) is 97.1 Å². The number of ether oxygens (including phenoxy) is 1. The largest absolute Gasteiger partial charge is 0.457 e. The van der Waals surface area contributed by atoms with Gasteiger partial charge in [-0.2, -0.15) is 0 Å². The van der Waals surface area contributed by atoms with Crippen LogP contribution in [0.3, 0.4) is 0 Å². The third kappa shape index (κ3) is 2.62. The van der Waals surface area contributed by atoms with E-state index in [1.807, 2.05) is 0 Å². The maximum Gasteiger partial charge on any atom is 0.338 e. The number of rotatable bonds is 2. The van der Waals surface area contributed by atoms with Crippen LogP contribution in [0.2, 0.25) is 0 Å². The number of imide groups is 2. The Balaban J connectivity index is 1.66. The molecule has 8 heteroatoms. The van der Waals surface area contributed by atoms with Crippen LogP contribution < -0.4 is 0 Å². The second-order valence-corrected chi connectivity index (χ2v) is 6.22. The number of benzene rings is 1. The molecule has 2 aliphatic heterocycles. The third-order valence-corrected chi connectivity index (χ3v) is 4.53. The summed E-state index contributed by atoms with van der Waals surface area (Å²) in [6.07, 6.45) is 1.31. The minimum Gasteiger partial charge on any atom is -0.457 e. The van der Waals surface area contributed by atoms with Crippen molar-refractivity contribution in [3.05, 3.63) is 52.8 Å². The quantitative estimate of drug-likeness (QED) is 0.458. The summed E-state index contributed by atoms with van der Waals surface area (Å²) in [5, 5.41) is 0. The number of hydrogen-bond donors (Lipinski definition) is 0. The van der Waals surface area contributed by atoms with Crippen LogP contribution in [-0.2, 0) is 20.9 Å². The van der Waals surface area contributed by atoms with Gasteiger partial charge < -0.3 is 9.15 Å². The number of cyclic esters (lactones) is 1. The van der Waals surface area contributed by atoms with Crippen LogP contribution >= 0.6 is 0 Å². The van der Waals surface area contributed by atoms with Crippen LogP contribution in [-0.4, -0.2) is 47.7 Å². The molecule has 8 nitrogen and oxygen atoms in total. The molecule has 0 N–H and O–H groups in total. The van der Waals surface area contributed by atoms with Crippen molar-refractivity contribution in [2.24, 2.45) is 0 Å². The van der Waals surface area contributed by atoms with Gasteiger partial charge in [0.25, 0.3) is 11.8 Å². The highest BCUT2D eigenvalue weighted by Gasteiger charge is 2.38. The molecule has 1 aromatic carbocycles. The summed E-state index contributed by atoms with van der Waals surface area (Å²) in [6, 6.07) is 7.84. The Kier molecular flexibility index (Phi) is 3.69. The molecule has 136 valence electrons. The number of fused-ring (bicyclic) bond motifs is 1. The second-order valence-electron chi connectivity index (χ2n) is 6.22. The van der Waals surface area contributed by atoms with Crippen molar-refractivity contribution in [1.29, 1.82) is 0 Å². The standard InChI is InChI=1S/C19H14N2O6/c1-20-16(22)14(17(23)21(2)19(20)25)8-12-4-6-15(27-12)10-3-5-13-11(7-10)9-26-18(13)24/h3-8H,9H2,1-2H3. The van der Waals surface area contributed by atoms with Crippen LogP contribution in [0.1, 0.15) is 21.7 Å². The van der Waals surface area contributed by atoms with Gasteiger partial charge in [-0.1, -0.05) is 6.07 Å². The Bertz CT molecular complexity index is 1020. The van der Waals surface area contributed by atoms with Crippen molar-refractivity contribution in [3.63, 3.8) is 0 Å². The van der Waals surface area contributed by atoms with Crippen LogP contribution in [0.25, 0.3) is 17.4 Å². The fourth-order valence-corrected chi connectivity index (χ4v) is 2.99. The Hall–Kier alpha value is -3.68. The van der Waals surface area contributed by atoms with Crippen LogP contribution in [0.5, 0.6) is 0 Å². The molecule has 0 unspecified atom stereocenters. The zero-order valence-electron chi connectivity index (χ0n) is 14.5. The molecule has 3 heterocycles. The molecule has 1 saturated heterocycles. The first-order valence-corrected chi connectivity index (χ1v) is 8.09. The van der Waals surface area contributed by atoms with Gasteiger partial charge in [0, 0.05) is 25.2 Å². The van der Waals surface area contributed by atoms with Gasteiger partial charge >= 0.3 is 12.0 Å². The molecule has 1 fully saturated rings. The number of amides is 4. The molecular formula is C19H14N2O6. The molecule has 0 aliphatic carbocycles. The van der Waals surface area contributed by atoms with E-state index in [-0.39, 0.29) is 18.1 Å². The summed E-state index contributed by atoms with van der Waals surface area (Å²) in [5.74, 6) is -0.912. The molecule has 0 bridgehead atoms. The van der Waals surface area contributed by atoms with E-state index in [4.69, 9.17) is 9.15 Å². The van der Waals surface area contributed by atoms with Crippen molar-refractivity contribution >= 4 is 29.9 Å². The number of esters is 1. The number of likely N-dealkylation sites (N-methyl/N-ethyl adjacent to an activating group) is 2. The van der Waals surface area contributed by atoms with Crippen LogP contribution in [0, 0.1) is 0 Å². The summed E-state index contributed by atoms with van der Waals surface area (Å²) >= 11 is 0. The summed E-state index contributed by atoms with van der Waals surface area (Å²) < 4.78 is 10.7. The fraction of sp³-hybridized carbons (Fsp3) is 0.158. The summed E-state index contributed by atoms with van der Waals surface area (Å²) in [7, 11) is 2.62. The van der Waals surface area contributed by atoms with Crippen molar-refractivity contribution in [2.75, 3.05) is 14.1 Å². The number of carbonyl (C=O) groups excluding carboxylic acids is 4. The predicted octanol–water partition coefficient (Wildman–Crippen LogP) is 2.05. The van der Waals surface area contributed by atoms with Gasteiger partial charge in [-0.15, -0.1) is 0 Å². The van der Waals surface area contributed by atoms with Crippen molar-refractivity contribution in [2.45, 2.75) is 6.61 Å². The zero-order chi connectivity index (χ0) is 19.3.